The summed E-state index contributed by atoms with van der Waals surface area (Å²) in [6, 6.07) is 0. The molecule has 0 saturated carbocycles. The standard InChI is InChI=1S/C8H14N4O2S/c1-5(9-11-15(13)14)8-6(2)10-12(4)7(8)3/h11H,1-4H3,(H,13,14)/b9-5-. The van der Waals surface area contributed by atoms with Gasteiger partial charge < -0.3 is 0 Å². The summed E-state index contributed by atoms with van der Waals surface area (Å²) in [7, 11) is 1.84. The Bertz CT molecular complexity index is 425. The van der Waals surface area contributed by atoms with Gasteiger partial charge in [-0.05, 0) is 20.8 Å². The topological polar surface area (TPSA) is 79.5 Å². The minimum absolute atomic E-state index is 0.639. The number of rotatable bonds is 3. The van der Waals surface area contributed by atoms with Crippen molar-refractivity contribution in [3.63, 3.8) is 0 Å². The molecule has 1 atom stereocenters. The Hall–Kier alpha value is -1.21. The summed E-state index contributed by atoms with van der Waals surface area (Å²) >= 11 is -2.13. The molecule has 0 radical (unpaired) electrons. The second kappa shape index (κ2) is 4.54. The van der Waals surface area contributed by atoms with E-state index >= 15 is 0 Å². The lowest BCUT2D eigenvalue weighted by atomic mass is 10.1. The summed E-state index contributed by atoms with van der Waals surface area (Å²) in [5.74, 6) is 0. The van der Waals surface area contributed by atoms with Gasteiger partial charge in [0.25, 0.3) is 11.3 Å². The molecule has 0 aliphatic carbocycles. The van der Waals surface area contributed by atoms with Crippen LogP contribution < -0.4 is 4.83 Å². The lowest BCUT2D eigenvalue weighted by Gasteiger charge is -2.01. The van der Waals surface area contributed by atoms with Crippen molar-refractivity contribution in [1.82, 2.24) is 14.6 Å². The van der Waals surface area contributed by atoms with Crippen molar-refractivity contribution in [3.05, 3.63) is 17.0 Å². The lowest BCUT2D eigenvalue weighted by Crippen LogP contribution is -2.12. The molecular weight excluding hydrogens is 216 g/mol. The van der Waals surface area contributed by atoms with E-state index in [9.17, 15) is 4.21 Å². The van der Waals surface area contributed by atoms with E-state index in [0.717, 1.165) is 17.0 Å². The first kappa shape index (κ1) is 11.9. The molecule has 1 heterocycles. The number of nitrogens with zero attached hydrogens (tertiary/aromatic N) is 3. The zero-order chi connectivity index (χ0) is 11.6. The highest BCUT2D eigenvalue weighted by atomic mass is 32.2. The average Bonchev–Trinajstić information content (AvgIpc) is 2.37. The summed E-state index contributed by atoms with van der Waals surface area (Å²) in [5, 5.41) is 8.02. The highest BCUT2D eigenvalue weighted by Crippen LogP contribution is 2.12. The molecule has 0 bridgehead atoms. The van der Waals surface area contributed by atoms with Crippen molar-refractivity contribution in [2.45, 2.75) is 20.8 Å². The molecule has 0 saturated heterocycles. The van der Waals surface area contributed by atoms with E-state index < -0.39 is 11.3 Å². The number of hydrogen-bond acceptors (Lipinski definition) is 3. The van der Waals surface area contributed by atoms with Crippen molar-refractivity contribution < 1.29 is 8.76 Å². The Labute approximate surface area is 90.8 Å². The zero-order valence-corrected chi connectivity index (χ0v) is 9.92. The van der Waals surface area contributed by atoms with Crippen LogP contribution in [0.2, 0.25) is 0 Å². The molecule has 1 unspecified atom stereocenters. The van der Waals surface area contributed by atoms with E-state index in [1.165, 1.54) is 0 Å². The molecule has 6 nitrogen and oxygen atoms in total. The molecule has 0 spiro atoms. The molecule has 15 heavy (non-hydrogen) atoms. The summed E-state index contributed by atoms with van der Waals surface area (Å²) < 4.78 is 20.7. The number of nitrogens with one attached hydrogen (secondary N) is 1. The Morgan fingerprint density at radius 3 is 2.60 bits per heavy atom. The molecule has 0 aliphatic rings. The molecule has 0 aromatic carbocycles. The fourth-order valence-electron chi connectivity index (χ4n) is 1.46. The molecule has 1 rings (SSSR count). The lowest BCUT2D eigenvalue weighted by molar-refractivity contribution is 0.552. The van der Waals surface area contributed by atoms with Crippen molar-refractivity contribution in [3.8, 4) is 0 Å². The van der Waals surface area contributed by atoms with Gasteiger partial charge in [0.05, 0.1) is 11.4 Å². The molecule has 1 aromatic rings. The number of aromatic nitrogens is 2. The smallest absolute Gasteiger partial charge is 0.275 e. The van der Waals surface area contributed by atoms with Crippen LogP contribution in [0.15, 0.2) is 5.10 Å². The fraction of sp³-hybridized carbons (Fsp3) is 0.500. The third-order valence-electron chi connectivity index (χ3n) is 2.16. The average molecular weight is 230 g/mol. The zero-order valence-electron chi connectivity index (χ0n) is 9.11. The predicted octanol–water partition coefficient (Wildman–Crippen LogP) is 0.487. The Balaban J connectivity index is 3.05. The quantitative estimate of drug-likeness (QED) is 0.450. The largest absolute Gasteiger partial charge is 0.288 e. The van der Waals surface area contributed by atoms with E-state index in [1.54, 1.807) is 11.6 Å². The summed E-state index contributed by atoms with van der Waals surface area (Å²) in [6.45, 7) is 5.55. The number of aryl methyl sites for hydroxylation is 2. The van der Waals surface area contributed by atoms with Crippen molar-refractivity contribution in [1.29, 1.82) is 0 Å². The van der Waals surface area contributed by atoms with E-state index in [-0.39, 0.29) is 0 Å². The van der Waals surface area contributed by atoms with Gasteiger partial charge in [-0.25, -0.2) is 9.04 Å². The van der Waals surface area contributed by atoms with Gasteiger partial charge in [-0.2, -0.15) is 10.2 Å². The first-order chi connectivity index (χ1) is 6.93. The van der Waals surface area contributed by atoms with E-state index in [2.05, 4.69) is 15.0 Å². The Morgan fingerprint density at radius 2 is 2.20 bits per heavy atom. The maximum Gasteiger partial charge on any atom is 0.275 e. The van der Waals surface area contributed by atoms with Crippen molar-refractivity contribution in [2.24, 2.45) is 12.1 Å². The molecule has 0 aliphatic heterocycles. The van der Waals surface area contributed by atoms with Gasteiger partial charge in [0, 0.05) is 18.3 Å². The number of hydrazone groups is 1. The Morgan fingerprint density at radius 1 is 1.60 bits per heavy atom. The maximum atomic E-state index is 10.4. The van der Waals surface area contributed by atoms with Crippen molar-refractivity contribution in [2.75, 3.05) is 0 Å². The fourth-order valence-corrected chi connectivity index (χ4v) is 1.68. The van der Waals surface area contributed by atoms with Crippen LogP contribution in [0.4, 0.5) is 0 Å². The molecule has 0 fully saturated rings. The molecular formula is C8H14N4O2S. The van der Waals surface area contributed by atoms with Gasteiger partial charge >= 0.3 is 0 Å². The summed E-state index contributed by atoms with van der Waals surface area (Å²) in [6.07, 6.45) is 0. The maximum absolute atomic E-state index is 10.4. The minimum Gasteiger partial charge on any atom is -0.288 e. The Kier molecular flexibility index (Phi) is 3.59. The van der Waals surface area contributed by atoms with Crippen molar-refractivity contribution >= 4 is 17.0 Å². The van der Waals surface area contributed by atoms with Gasteiger partial charge in [0.1, 0.15) is 0 Å². The van der Waals surface area contributed by atoms with Crippen LogP contribution >= 0.6 is 0 Å². The minimum atomic E-state index is -2.13. The second-order valence-corrected chi connectivity index (χ2v) is 3.89. The number of hydrogen-bond donors (Lipinski definition) is 2. The van der Waals surface area contributed by atoms with Crippen LogP contribution in [0.5, 0.6) is 0 Å². The summed E-state index contributed by atoms with van der Waals surface area (Å²) in [4.78, 5) is 2.09. The van der Waals surface area contributed by atoms with Gasteiger partial charge in [-0.15, -0.1) is 0 Å². The van der Waals surface area contributed by atoms with Crippen LogP contribution in [0.1, 0.15) is 23.9 Å². The van der Waals surface area contributed by atoms with Crippen LogP contribution in [0.25, 0.3) is 0 Å². The molecule has 0 amide bonds. The van der Waals surface area contributed by atoms with Crippen LogP contribution in [-0.4, -0.2) is 24.3 Å². The third kappa shape index (κ3) is 2.63. The SMILES string of the molecule is C/C(=N/NS(=O)O)c1c(C)nn(C)c1C. The van der Waals surface area contributed by atoms with Gasteiger partial charge in [-0.3, -0.25) is 9.23 Å². The highest BCUT2D eigenvalue weighted by molar-refractivity contribution is 7.77. The van der Waals surface area contributed by atoms with E-state index in [0.29, 0.717) is 5.71 Å². The van der Waals surface area contributed by atoms with E-state index in [4.69, 9.17) is 4.55 Å². The van der Waals surface area contributed by atoms with Crippen LogP contribution in [0, 0.1) is 13.8 Å². The highest BCUT2D eigenvalue weighted by Gasteiger charge is 2.11. The molecule has 2 N–H and O–H groups in total. The van der Waals surface area contributed by atoms with Gasteiger partial charge in [0.15, 0.2) is 0 Å². The molecule has 7 heteroatoms. The first-order valence-electron chi connectivity index (χ1n) is 4.35. The monoisotopic (exact) mass is 230 g/mol. The predicted molar refractivity (Wildman–Crippen MR) is 58.8 cm³/mol. The first-order valence-corrected chi connectivity index (χ1v) is 5.45. The van der Waals surface area contributed by atoms with E-state index in [1.807, 2.05) is 20.9 Å². The third-order valence-corrected chi connectivity index (χ3v) is 2.41. The molecule has 1 aromatic heterocycles. The van der Waals surface area contributed by atoms with Gasteiger partial charge in [0.2, 0.25) is 0 Å². The summed E-state index contributed by atoms with van der Waals surface area (Å²) in [5.41, 5.74) is 3.36. The second-order valence-electron chi connectivity index (χ2n) is 3.21. The molecule has 84 valence electrons. The normalized spacial score (nSPS) is 14.1. The van der Waals surface area contributed by atoms with Crippen LogP contribution in [-0.2, 0) is 18.3 Å². The van der Waals surface area contributed by atoms with Gasteiger partial charge in [-0.1, -0.05) is 0 Å². The van der Waals surface area contributed by atoms with Crippen LogP contribution in [0.3, 0.4) is 0 Å².